The first kappa shape index (κ1) is 16.2. The number of fused-ring (bicyclic) bond motifs is 1. The van der Waals surface area contributed by atoms with Crippen molar-refractivity contribution in [2.75, 3.05) is 0 Å². The molecule has 0 aliphatic heterocycles. The van der Waals surface area contributed by atoms with Crippen molar-refractivity contribution in [3.05, 3.63) is 65.0 Å². The van der Waals surface area contributed by atoms with Crippen LogP contribution in [0.15, 0.2) is 42.5 Å². The summed E-state index contributed by atoms with van der Waals surface area (Å²) in [6, 6.07) is 14.4. The third-order valence-electron chi connectivity index (χ3n) is 4.54. The third kappa shape index (κ3) is 3.48. The van der Waals surface area contributed by atoms with Gasteiger partial charge in [0, 0.05) is 20.0 Å². The number of carbonyl (C=O) groups excluding carboxylic acids is 1. The molecular formula is C20H23N3O. The van der Waals surface area contributed by atoms with Crippen LogP contribution in [-0.2, 0) is 24.8 Å². The molecule has 1 aromatic heterocycles. The Labute approximate surface area is 142 Å². The molecule has 1 heterocycles. The van der Waals surface area contributed by atoms with Gasteiger partial charge in [-0.1, -0.05) is 30.3 Å². The third-order valence-corrected chi connectivity index (χ3v) is 4.54. The highest BCUT2D eigenvalue weighted by atomic mass is 16.1. The quantitative estimate of drug-likeness (QED) is 0.782. The lowest BCUT2D eigenvalue weighted by molar-refractivity contribution is -0.121. The molecule has 0 radical (unpaired) electrons. The minimum Gasteiger partial charge on any atom is -0.352 e. The number of benzene rings is 2. The summed E-state index contributed by atoms with van der Waals surface area (Å²) >= 11 is 0. The van der Waals surface area contributed by atoms with Gasteiger partial charge >= 0.3 is 0 Å². The monoisotopic (exact) mass is 321 g/mol. The van der Waals surface area contributed by atoms with Crippen molar-refractivity contribution >= 4 is 16.9 Å². The van der Waals surface area contributed by atoms with E-state index in [0.29, 0.717) is 13.0 Å². The number of imidazole rings is 1. The van der Waals surface area contributed by atoms with Crippen LogP contribution in [0.3, 0.4) is 0 Å². The average Bonchev–Trinajstić information content (AvgIpc) is 2.86. The molecule has 4 heteroatoms. The molecule has 0 spiro atoms. The molecule has 0 unspecified atom stereocenters. The van der Waals surface area contributed by atoms with E-state index < -0.39 is 0 Å². The molecule has 0 saturated heterocycles. The van der Waals surface area contributed by atoms with Gasteiger partial charge in [0.2, 0.25) is 5.91 Å². The van der Waals surface area contributed by atoms with Crippen LogP contribution in [0.25, 0.3) is 11.0 Å². The second-order valence-electron chi connectivity index (χ2n) is 6.24. The first-order chi connectivity index (χ1) is 11.5. The summed E-state index contributed by atoms with van der Waals surface area (Å²) in [7, 11) is 2.01. The van der Waals surface area contributed by atoms with Gasteiger partial charge in [0.15, 0.2) is 0 Å². The van der Waals surface area contributed by atoms with Crippen LogP contribution < -0.4 is 5.32 Å². The first-order valence-corrected chi connectivity index (χ1v) is 8.28. The lowest BCUT2D eigenvalue weighted by Gasteiger charge is -2.07. The van der Waals surface area contributed by atoms with Crippen molar-refractivity contribution in [3.8, 4) is 0 Å². The van der Waals surface area contributed by atoms with Crippen molar-refractivity contribution in [2.45, 2.75) is 33.2 Å². The molecule has 0 atom stereocenters. The van der Waals surface area contributed by atoms with Gasteiger partial charge in [-0.25, -0.2) is 4.98 Å². The SMILES string of the molecule is Cc1ccccc1CCC(=O)NCc1ccc2c(c1)nc(C)n2C. The van der Waals surface area contributed by atoms with Gasteiger partial charge in [-0.15, -0.1) is 0 Å². The zero-order valence-electron chi connectivity index (χ0n) is 14.5. The molecule has 24 heavy (non-hydrogen) atoms. The minimum absolute atomic E-state index is 0.0792. The molecule has 0 aliphatic rings. The minimum atomic E-state index is 0.0792. The molecular weight excluding hydrogens is 298 g/mol. The number of rotatable bonds is 5. The van der Waals surface area contributed by atoms with Crippen LogP contribution in [0.1, 0.15) is 28.9 Å². The molecule has 0 fully saturated rings. The Kier molecular flexibility index (Phi) is 4.65. The highest BCUT2D eigenvalue weighted by Crippen LogP contribution is 2.16. The van der Waals surface area contributed by atoms with Gasteiger partial charge in [0.1, 0.15) is 5.82 Å². The number of aromatic nitrogens is 2. The fourth-order valence-electron chi connectivity index (χ4n) is 2.90. The maximum absolute atomic E-state index is 12.1. The average molecular weight is 321 g/mol. The normalized spacial score (nSPS) is 11.0. The fraction of sp³-hybridized carbons (Fsp3) is 0.300. The first-order valence-electron chi connectivity index (χ1n) is 8.28. The Bertz CT molecular complexity index is 880. The fourth-order valence-corrected chi connectivity index (χ4v) is 2.90. The van der Waals surface area contributed by atoms with Gasteiger partial charge in [-0.05, 0) is 49.1 Å². The van der Waals surface area contributed by atoms with Crippen molar-refractivity contribution in [1.82, 2.24) is 14.9 Å². The topological polar surface area (TPSA) is 46.9 Å². The molecule has 124 valence electrons. The molecule has 1 N–H and O–H groups in total. The van der Waals surface area contributed by atoms with E-state index in [9.17, 15) is 4.79 Å². The standard InChI is InChI=1S/C20H23N3O/c1-14-6-4-5-7-17(14)9-11-20(24)21-13-16-8-10-19-18(12-16)22-15(2)23(19)3/h4-8,10,12H,9,11,13H2,1-3H3,(H,21,24). The zero-order chi connectivity index (χ0) is 17.1. The zero-order valence-corrected chi connectivity index (χ0v) is 14.5. The summed E-state index contributed by atoms with van der Waals surface area (Å²) < 4.78 is 2.07. The molecule has 2 aromatic carbocycles. The predicted octanol–water partition coefficient (Wildman–Crippen LogP) is 3.44. The van der Waals surface area contributed by atoms with E-state index in [1.807, 2.05) is 38.2 Å². The second-order valence-corrected chi connectivity index (χ2v) is 6.24. The molecule has 1 amide bonds. The maximum Gasteiger partial charge on any atom is 0.220 e. The van der Waals surface area contributed by atoms with E-state index in [1.165, 1.54) is 11.1 Å². The van der Waals surface area contributed by atoms with E-state index in [-0.39, 0.29) is 5.91 Å². The molecule has 0 aliphatic carbocycles. The van der Waals surface area contributed by atoms with Gasteiger partial charge in [-0.3, -0.25) is 4.79 Å². The van der Waals surface area contributed by atoms with Crippen molar-refractivity contribution in [3.63, 3.8) is 0 Å². The number of nitrogens with zero attached hydrogens (tertiary/aromatic N) is 2. The summed E-state index contributed by atoms with van der Waals surface area (Å²) in [5.74, 6) is 1.07. The van der Waals surface area contributed by atoms with Crippen LogP contribution in [-0.4, -0.2) is 15.5 Å². The van der Waals surface area contributed by atoms with E-state index in [0.717, 1.165) is 28.8 Å². The summed E-state index contributed by atoms with van der Waals surface area (Å²) in [6.07, 6.45) is 1.28. The number of nitrogens with one attached hydrogen (secondary N) is 1. The van der Waals surface area contributed by atoms with Crippen molar-refractivity contribution < 1.29 is 4.79 Å². The Morgan fingerprint density at radius 3 is 2.75 bits per heavy atom. The largest absolute Gasteiger partial charge is 0.352 e. The Hall–Kier alpha value is -2.62. The van der Waals surface area contributed by atoms with E-state index in [1.54, 1.807) is 0 Å². The lowest BCUT2D eigenvalue weighted by Crippen LogP contribution is -2.23. The Morgan fingerprint density at radius 1 is 1.17 bits per heavy atom. The van der Waals surface area contributed by atoms with Crippen LogP contribution in [0.2, 0.25) is 0 Å². The summed E-state index contributed by atoms with van der Waals surface area (Å²) in [4.78, 5) is 16.6. The van der Waals surface area contributed by atoms with Gasteiger partial charge in [0.05, 0.1) is 11.0 Å². The molecule has 3 aromatic rings. The Balaban J connectivity index is 1.57. The maximum atomic E-state index is 12.1. The summed E-state index contributed by atoms with van der Waals surface area (Å²) in [6.45, 7) is 4.61. The predicted molar refractivity (Wildman–Crippen MR) is 96.8 cm³/mol. The van der Waals surface area contributed by atoms with Crippen LogP contribution in [0.4, 0.5) is 0 Å². The van der Waals surface area contributed by atoms with Crippen LogP contribution in [0.5, 0.6) is 0 Å². The lowest BCUT2D eigenvalue weighted by atomic mass is 10.0. The smallest absolute Gasteiger partial charge is 0.220 e. The summed E-state index contributed by atoms with van der Waals surface area (Å²) in [5.41, 5.74) is 5.63. The van der Waals surface area contributed by atoms with Crippen molar-refractivity contribution in [2.24, 2.45) is 7.05 Å². The number of hydrogen-bond acceptors (Lipinski definition) is 2. The number of carbonyl (C=O) groups is 1. The Morgan fingerprint density at radius 2 is 1.96 bits per heavy atom. The number of hydrogen-bond donors (Lipinski definition) is 1. The van der Waals surface area contributed by atoms with Gasteiger partial charge in [0.25, 0.3) is 0 Å². The highest BCUT2D eigenvalue weighted by Gasteiger charge is 2.07. The van der Waals surface area contributed by atoms with Crippen molar-refractivity contribution in [1.29, 1.82) is 0 Å². The molecule has 0 bridgehead atoms. The molecule has 4 nitrogen and oxygen atoms in total. The second kappa shape index (κ2) is 6.87. The molecule has 3 rings (SSSR count). The van der Waals surface area contributed by atoms with E-state index >= 15 is 0 Å². The van der Waals surface area contributed by atoms with Crippen LogP contribution >= 0.6 is 0 Å². The number of aryl methyl sites for hydroxylation is 4. The van der Waals surface area contributed by atoms with E-state index in [4.69, 9.17) is 0 Å². The highest BCUT2D eigenvalue weighted by molar-refractivity contribution is 5.78. The van der Waals surface area contributed by atoms with Gasteiger partial charge in [-0.2, -0.15) is 0 Å². The van der Waals surface area contributed by atoms with Gasteiger partial charge < -0.3 is 9.88 Å². The molecule has 0 saturated carbocycles. The number of amides is 1. The van der Waals surface area contributed by atoms with E-state index in [2.05, 4.69) is 40.0 Å². The van der Waals surface area contributed by atoms with Crippen LogP contribution in [0, 0.1) is 13.8 Å². The summed E-state index contributed by atoms with van der Waals surface area (Å²) in [5, 5.41) is 3.00.